The van der Waals surface area contributed by atoms with Crippen LogP contribution in [0.4, 0.5) is 5.82 Å². The Morgan fingerprint density at radius 2 is 1.84 bits per heavy atom. The van der Waals surface area contributed by atoms with Crippen molar-refractivity contribution in [3.05, 3.63) is 71.3 Å². The predicted molar refractivity (Wildman–Crippen MR) is 130 cm³/mol. The molecule has 0 unspecified atom stereocenters. The summed E-state index contributed by atoms with van der Waals surface area (Å²) in [5, 5.41) is 4.33. The van der Waals surface area contributed by atoms with Crippen molar-refractivity contribution in [2.24, 2.45) is 5.41 Å². The summed E-state index contributed by atoms with van der Waals surface area (Å²) >= 11 is 6.30. The fourth-order valence-electron chi connectivity index (χ4n) is 4.10. The highest BCUT2D eigenvalue weighted by molar-refractivity contribution is 6.30. The summed E-state index contributed by atoms with van der Waals surface area (Å²) in [6.45, 7) is 11.1. The number of halogens is 1. The molecule has 0 aliphatic heterocycles. The van der Waals surface area contributed by atoms with Crippen molar-refractivity contribution in [1.29, 1.82) is 0 Å². The summed E-state index contributed by atoms with van der Waals surface area (Å²) in [6, 6.07) is 13.1. The fraction of sp³-hybridized carbons (Fsp3) is 0.308. The van der Waals surface area contributed by atoms with E-state index in [1.807, 2.05) is 53.1 Å². The van der Waals surface area contributed by atoms with Crippen molar-refractivity contribution in [2.75, 3.05) is 5.32 Å². The van der Waals surface area contributed by atoms with Crippen molar-refractivity contribution in [3.8, 4) is 23.3 Å². The van der Waals surface area contributed by atoms with Crippen LogP contribution in [0.15, 0.2) is 59.3 Å². The molecule has 0 aliphatic rings. The SMILES string of the molecule is CC(C)(C)CC(C)(C)Nc1c(-c2ccc(C#Cc3ccccn3)o2)nc2ccc(Cl)cn12. The van der Waals surface area contributed by atoms with Crippen LogP contribution in [0.3, 0.4) is 0 Å². The van der Waals surface area contributed by atoms with Gasteiger partial charge < -0.3 is 9.73 Å². The van der Waals surface area contributed by atoms with Gasteiger partial charge in [-0.3, -0.25) is 4.40 Å². The smallest absolute Gasteiger partial charge is 0.178 e. The maximum absolute atomic E-state index is 6.30. The van der Waals surface area contributed by atoms with Crippen molar-refractivity contribution in [3.63, 3.8) is 0 Å². The summed E-state index contributed by atoms with van der Waals surface area (Å²) in [6.07, 6.45) is 4.55. The lowest BCUT2D eigenvalue weighted by Gasteiger charge is -2.34. The third kappa shape index (κ3) is 5.15. The molecule has 4 heterocycles. The van der Waals surface area contributed by atoms with Gasteiger partial charge in [-0.15, -0.1) is 0 Å². The van der Waals surface area contributed by atoms with Crippen LogP contribution in [0.2, 0.25) is 5.02 Å². The maximum atomic E-state index is 6.30. The first-order valence-corrected chi connectivity index (χ1v) is 11.0. The van der Waals surface area contributed by atoms with Crippen LogP contribution in [0, 0.1) is 17.3 Å². The second-order valence-electron chi connectivity index (χ2n) is 9.76. The average Bonchev–Trinajstić information content (AvgIpc) is 3.30. The summed E-state index contributed by atoms with van der Waals surface area (Å²) in [7, 11) is 0. The van der Waals surface area contributed by atoms with E-state index in [0.717, 1.165) is 23.6 Å². The second kappa shape index (κ2) is 8.37. The molecule has 164 valence electrons. The topological polar surface area (TPSA) is 55.4 Å². The first-order chi connectivity index (χ1) is 15.1. The highest BCUT2D eigenvalue weighted by atomic mass is 35.5. The van der Waals surface area contributed by atoms with Gasteiger partial charge in [-0.2, -0.15) is 0 Å². The molecule has 0 fully saturated rings. The van der Waals surface area contributed by atoms with Crippen LogP contribution in [-0.2, 0) is 0 Å². The molecule has 5 nitrogen and oxygen atoms in total. The van der Waals surface area contributed by atoms with Gasteiger partial charge in [0.2, 0.25) is 0 Å². The first kappa shape index (κ1) is 22.0. The van der Waals surface area contributed by atoms with Crippen molar-refractivity contribution in [1.82, 2.24) is 14.4 Å². The molecule has 0 aliphatic carbocycles. The molecule has 0 atom stereocenters. The Hall–Kier alpha value is -3.23. The van der Waals surface area contributed by atoms with Crippen LogP contribution in [0.25, 0.3) is 17.1 Å². The van der Waals surface area contributed by atoms with Gasteiger partial charge in [0, 0.05) is 17.9 Å². The highest BCUT2D eigenvalue weighted by Gasteiger charge is 2.28. The van der Waals surface area contributed by atoms with Crippen LogP contribution in [-0.4, -0.2) is 19.9 Å². The number of hydrogen-bond donors (Lipinski definition) is 1. The molecule has 0 aromatic carbocycles. The molecule has 4 rings (SSSR count). The predicted octanol–water partition coefficient (Wildman–Crippen LogP) is 6.67. The van der Waals surface area contributed by atoms with E-state index in [9.17, 15) is 0 Å². The quantitative estimate of drug-likeness (QED) is 0.356. The molecule has 0 saturated heterocycles. The second-order valence-corrected chi connectivity index (χ2v) is 10.2. The normalized spacial score (nSPS) is 11.9. The average molecular weight is 447 g/mol. The minimum atomic E-state index is -0.181. The Balaban J connectivity index is 1.74. The number of hydrogen-bond acceptors (Lipinski definition) is 4. The Morgan fingerprint density at radius 3 is 2.56 bits per heavy atom. The minimum absolute atomic E-state index is 0.160. The van der Waals surface area contributed by atoms with E-state index in [-0.39, 0.29) is 11.0 Å². The molecular weight excluding hydrogens is 420 g/mol. The summed E-state index contributed by atoms with van der Waals surface area (Å²) in [5.41, 5.74) is 2.18. The zero-order chi connectivity index (χ0) is 22.9. The lowest BCUT2D eigenvalue weighted by molar-refractivity contribution is 0.302. The number of pyridine rings is 2. The Kier molecular flexibility index (Phi) is 5.75. The minimum Gasteiger partial charge on any atom is -0.446 e. The van der Waals surface area contributed by atoms with Gasteiger partial charge in [0.05, 0.1) is 5.02 Å². The number of imidazole rings is 1. The maximum Gasteiger partial charge on any atom is 0.178 e. The van der Waals surface area contributed by atoms with Crippen molar-refractivity contribution in [2.45, 2.75) is 46.6 Å². The van der Waals surface area contributed by atoms with Gasteiger partial charge in [0.25, 0.3) is 0 Å². The van der Waals surface area contributed by atoms with E-state index in [2.05, 4.69) is 56.8 Å². The van der Waals surface area contributed by atoms with Gasteiger partial charge >= 0.3 is 0 Å². The van der Waals surface area contributed by atoms with Crippen LogP contribution in [0.1, 0.15) is 52.5 Å². The summed E-state index contributed by atoms with van der Waals surface area (Å²) < 4.78 is 8.03. The lowest BCUT2D eigenvalue weighted by atomic mass is 9.82. The number of fused-ring (bicyclic) bond motifs is 1. The Bertz CT molecular complexity index is 1300. The van der Waals surface area contributed by atoms with Gasteiger partial charge in [-0.1, -0.05) is 38.4 Å². The van der Waals surface area contributed by atoms with Gasteiger partial charge in [0.1, 0.15) is 22.9 Å². The van der Waals surface area contributed by atoms with Gasteiger partial charge in [-0.05, 0) is 73.9 Å². The van der Waals surface area contributed by atoms with Gasteiger partial charge in [-0.25, -0.2) is 9.97 Å². The molecule has 0 amide bonds. The van der Waals surface area contributed by atoms with E-state index in [4.69, 9.17) is 21.0 Å². The number of rotatable bonds is 4. The van der Waals surface area contributed by atoms with E-state index in [1.165, 1.54) is 0 Å². The van der Waals surface area contributed by atoms with E-state index < -0.39 is 0 Å². The van der Waals surface area contributed by atoms with Crippen LogP contribution >= 0.6 is 11.6 Å². The van der Waals surface area contributed by atoms with Crippen molar-refractivity contribution < 1.29 is 4.42 Å². The number of nitrogens with zero attached hydrogens (tertiary/aromatic N) is 3. The summed E-state index contributed by atoms with van der Waals surface area (Å²) in [5.74, 6) is 8.10. The molecule has 0 spiro atoms. The van der Waals surface area contributed by atoms with Gasteiger partial charge in [0.15, 0.2) is 11.5 Å². The van der Waals surface area contributed by atoms with Crippen LogP contribution in [0.5, 0.6) is 0 Å². The Labute approximate surface area is 193 Å². The van der Waals surface area contributed by atoms with Crippen LogP contribution < -0.4 is 5.32 Å². The molecule has 0 saturated carbocycles. The molecule has 4 aromatic heterocycles. The van der Waals surface area contributed by atoms with E-state index in [0.29, 0.717) is 22.2 Å². The molecule has 1 N–H and O–H groups in total. The van der Waals surface area contributed by atoms with Crippen molar-refractivity contribution >= 4 is 23.1 Å². The standard InChI is InChI=1S/C26H27ClN4O/c1-25(2,3)17-26(4,5)30-24-23(29-22-14-9-18(27)16-31(22)24)21-13-12-20(32-21)11-10-19-8-6-7-15-28-19/h6-9,12-16,30H,17H2,1-5H3. The third-order valence-electron chi connectivity index (χ3n) is 4.83. The lowest BCUT2D eigenvalue weighted by Crippen LogP contribution is -2.36. The number of furan rings is 1. The first-order valence-electron chi connectivity index (χ1n) is 10.6. The number of anilines is 1. The molecular formula is C26H27ClN4O. The number of aromatic nitrogens is 3. The van der Waals surface area contributed by atoms with E-state index in [1.54, 1.807) is 6.20 Å². The monoisotopic (exact) mass is 446 g/mol. The Morgan fingerprint density at radius 1 is 1.03 bits per heavy atom. The summed E-state index contributed by atoms with van der Waals surface area (Å²) in [4.78, 5) is 9.05. The molecule has 6 heteroatoms. The fourth-order valence-corrected chi connectivity index (χ4v) is 4.26. The molecule has 32 heavy (non-hydrogen) atoms. The molecule has 4 aromatic rings. The zero-order valence-corrected chi connectivity index (χ0v) is 19.8. The zero-order valence-electron chi connectivity index (χ0n) is 19.0. The molecule has 0 bridgehead atoms. The highest BCUT2D eigenvalue weighted by Crippen LogP contribution is 2.35. The van der Waals surface area contributed by atoms with E-state index >= 15 is 0 Å². The molecule has 0 radical (unpaired) electrons. The number of nitrogens with one attached hydrogen (secondary N) is 1. The third-order valence-corrected chi connectivity index (χ3v) is 5.05. The largest absolute Gasteiger partial charge is 0.446 e.